The summed E-state index contributed by atoms with van der Waals surface area (Å²) < 4.78 is 5.37. The molecule has 0 aliphatic heterocycles. The first kappa shape index (κ1) is 18.7. The molecule has 0 aliphatic carbocycles. The molecule has 2 aromatic rings. The molecular weight excluding hydrogens is 316 g/mol. The minimum atomic E-state index is -0.168. The molecule has 1 amide bonds. The highest BCUT2D eigenvalue weighted by atomic mass is 16.5. The number of amides is 1. The Bertz CT molecular complexity index is 716. The third-order valence-corrected chi connectivity index (χ3v) is 3.69. The van der Waals surface area contributed by atoms with Crippen molar-refractivity contribution in [3.05, 3.63) is 47.8 Å². The van der Waals surface area contributed by atoms with Crippen molar-refractivity contribution in [1.82, 2.24) is 15.2 Å². The van der Waals surface area contributed by atoms with Crippen molar-refractivity contribution in [1.29, 1.82) is 0 Å². The first-order valence-electron chi connectivity index (χ1n) is 8.30. The number of carbonyl (C=O) groups is 1. The van der Waals surface area contributed by atoms with Gasteiger partial charge in [-0.05, 0) is 63.8 Å². The minimum absolute atomic E-state index is 0.168. The summed E-state index contributed by atoms with van der Waals surface area (Å²) in [6, 6.07) is 9.47. The number of aryl methyl sites for hydroxylation is 1. The van der Waals surface area contributed by atoms with Crippen LogP contribution in [0.5, 0.6) is 5.75 Å². The van der Waals surface area contributed by atoms with Crippen molar-refractivity contribution in [3.63, 3.8) is 0 Å². The van der Waals surface area contributed by atoms with Gasteiger partial charge in [0.1, 0.15) is 11.4 Å². The van der Waals surface area contributed by atoms with Gasteiger partial charge in [0.15, 0.2) is 0 Å². The number of carbonyl (C=O) groups excluding carboxylic acids is 1. The molecule has 0 radical (unpaired) electrons. The number of nitrogens with zero attached hydrogens (tertiary/aromatic N) is 2. The summed E-state index contributed by atoms with van der Waals surface area (Å²) in [6.07, 6.45) is 2.52. The van der Waals surface area contributed by atoms with E-state index in [2.05, 4.69) is 20.5 Å². The van der Waals surface area contributed by atoms with Crippen LogP contribution in [0.3, 0.4) is 0 Å². The number of anilines is 2. The quantitative estimate of drug-likeness (QED) is 0.722. The molecule has 0 fully saturated rings. The van der Waals surface area contributed by atoms with Gasteiger partial charge in [-0.3, -0.25) is 9.78 Å². The molecule has 0 bridgehead atoms. The standard InChI is InChI=1S/C19H26N4O2/c1-14-6-7-18(25-4)16(12-14)22-15-8-10-20-17(13-15)19(24)21-9-5-11-23(2)3/h6-8,10,12-13H,5,9,11H2,1-4H3,(H,20,22)(H,21,24). The van der Waals surface area contributed by atoms with Crippen molar-refractivity contribution in [2.24, 2.45) is 0 Å². The monoisotopic (exact) mass is 342 g/mol. The SMILES string of the molecule is COc1ccc(C)cc1Nc1ccnc(C(=O)NCCCN(C)C)c1. The van der Waals surface area contributed by atoms with Gasteiger partial charge in [0.05, 0.1) is 12.8 Å². The van der Waals surface area contributed by atoms with Gasteiger partial charge < -0.3 is 20.3 Å². The van der Waals surface area contributed by atoms with Crippen molar-refractivity contribution < 1.29 is 9.53 Å². The number of nitrogens with one attached hydrogen (secondary N) is 2. The Hall–Kier alpha value is -2.60. The molecule has 6 heteroatoms. The first-order valence-corrected chi connectivity index (χ1v) is 8.30. The van der Waals surface area contributed by atoms with Crippen molar-refractivity contribution in [3.8, 4) is 5.75 Å². The molecule has 134 valence electrons. The number of methoxy groups -OCH3 is 1. The summed E-state index contributed by atoms with van der Waals surface area (Å²) >= 11 is 0. The van der Waals surface area contributed by atoms with Gasteiger partial charge in [0.25, 0.3) is 5.91 Å². The van der Waals surface area contributed by atoms with E-state index in [1.54, 1.807) is 19.4 Å². The predicted octanol–water partition coefficient (Wildman–Crippen LogP) is 2.82. The predicted molar refractivity (Wildman–Crippen MR) is 101 cm³/mol. The maximum Gasteiger partial charge on any atom is 0.269 e. The summed E-state index contributed by atoms with van der Waals surface area (Å²) in [5.74, 6) is 0.579. The van der Waals surface area contributed by atoms with E-state index in [1.807, 2.05) is 45.3 Å². The molecule has 1 heterocycles. The summed E-state index contributed by atoms with van der Waals surface area (Å²) in [6.45, 7) is 3.58. The Morgan fingerprint density at radius 3 is 2.76 bits per heavy atom. The van der Waals surface area contributed by atoms with E-state index in [0.29, 0.717) is 12.2 Å². The largest absolute Gasteiger partial charge is 0.495 e. The van der Waals surface area contributed by atoms with Crippen LogP contribution in [0, 0.1) is 6.92 Å². The van der Waals surface area contributed by atoms with Gasteiger partial charge in [-0.1, -0.05) is 6.07 Å². The van der Waals surface area contributed by atoms with Crippen LogP contribution in [-0.2, 0) is 0 Å². The Morgan fingerprint density at radius 1 is 1.24 bits per heavy atom. The number of rotatable bonds is 8. The molecule has 25 heavy (non-hydrogen) atoms. The molecule has 0 aliphatic rings. The third-order valence-electron chi connectivity index (χ3n) is 3.69. The fraction of sp³-hybridized carbons (Fsp3) is 0.368. The van der Waals surface area contributed by atoms with E-state index in [1.165, 1.54) is 0 Å². The molecule has 0 atom stereocenters. The maximum atomic E-state index is 12.2. The summed E-state index contributed by atoms with van der Waals surface area (Å²) in [5.41, 5.74) is 3.15. The zero-order valence-corrected chi connectivity index (χ0v) is 15.3. The van der Waals surface area contributed by atoms with E-state index in [0.717, 1.165) is 35.7 Å². The molecule has 0 spiro atoms. The number of benzene rings is 1. The lowest BCUT2D eigenvalue weighted by molar-refractivity contribution is 0.0947. The molecule has 2 rings (SSSR count). The van der Waals surface area contributed by atoms with Gasteiger partial charge in [0, 0.05) is 18.4 Å². The fourth-order valence-electron chi connectivity index (χ4n) is 2.40. The maximum absolute atomic E-state index is 12.2. The Balaban J connectivity index is 2.03. The Labute approximate surface area is 149 Å². The van der Waals surface area contributed by atoms with Crippen molar-refractivity contribution in [2.75, 3.05) is 39.6 Å². The van der Waals surface area contributed by atoms with Gasteiger partial charge in [-0.2, -0.15) is 0 Å². The molecule has 0 unspecified atom stereocenters. The second kappa shape index (κ2) is 9.03. The van der Waals surface area contributed by atoms with E-state index >= 15 is 0 Å². The van der Waals surface area contributed by atoms with Gasteiger partial charge >= 0.3 is 0 Å². The lowest BCUT2D eigenvalue weighted by Crippen LogP contribution is -2.27. The molecule has 0 saturated heterocycles. The van der Waals surface area contributed by atoms with Gasteiger partial charge in [-0.15, -0.1) is 0 Å². The molecule has 1 aromatic heterocycles. The molecule has 0 saturated carbocycles. The summed E-state index contributed by atoms with van der Waals surface area (Å²) in [5, 5.41) is 6.19. The highest BCUT2D eigenvalue weighted by Crippen LogP contribution is 2.28. The van der Waals surface area contributed by atoms with E-state index in [4.69, 9.17) is 4.74 Å². The van der Waals surface area contributed by atoms with Gasteiger partial charge in [-0.25, -0.2) is 0 Å². The van der Waals surface area contributed by atoms with Crippen LogP contribution >= 0.6 is 0 Å². The van der Waals surface area contributed by atoms with Crippen LogP contribution in [0.25, 0.3) is 0 Å². The van der Waals surface area contributed by atoms with Crippen LogP contribution in [-0.4, -0.2) is 50.1 Å². The number of hydrogen-bond donors (Lipinski definition) is 2. The molecule has 6 nitrogen and oxygen atoms in total. The van der Waals surface area contributed by atoms with E-state index < -0.39 is 0 Å². The lowest BCUT2D eigenvalue weighted by atomic mass is 10.2. The number of ether oxygens (including phenoxy) is 1. The lowest BCUT2D eigenvalue weighted by Gasteiger charge is -2.13. The van der Waals surface area contributed by atoms with Crippen LogP contribution in [0.4, 0.5) is 11.4 Å². The second-order valence-electron chi connectivity index (χ2n) is 6.17. The fourth-order valence-corrected chi connectivity index (χ4v) is 2.40. The van der Waals surface area contributed by atoms with Crippen LogP contribution < -0.4 is 15.4 Å². The van der Waals surface area contributed by atoms with Crippen LogP contribution in [0.15, 0.2) is 36.5 Å². The Kier molecular flexibility index (Phi) is 6.77. The second-order valence-corrected chi connectivity index (χ2v) is 6.17. The summed E-state index contributed by atoms with van der Waals surface area (Å²) in [4.78, 5) is 18.5. The van der Waals surface area contributed by atoms with Crippen molar-refractivity contribution in [2.45, 2.75) is 13.3 Å². The van der Waals surface area contributed by atoms with Crippen LogP contribution in [0.2, 0.25) is 0 Å². The third kappa shape index (κ3) is 5.76. The minimum Gasteiger partial charge on any atom is -0.495 e. The average Bonchev–Trinajstić information content (AvgIpc) is 2.59. The smallest absolute Gasteiger partial charge is 0.269 e. The topological polar surface area (TPSA) is 66.5 Å². The Morgan fingerprint density at radius 2 is 2.04 bits per heavy atom. The van der Waals surface area contributed by atoms with Crippen molar-refractivity contribution >= 4 is 17.3 Å². The first-order chi connectivity index (χ1) is 12.0. The van der Waals surface area contributed by atoms with Crippen LogP contribution in [0.1, 0.15) is 22.5 Å². The van der Waals surface area contributed by atoms with E-state index in [-0.39, 0.29) is 5.91 Å². The molecular formula is C19H26N4O2. The highest BCUT2D eigenvalue weighted by Gasteiger charge is 2.09. The highest BCUT2D eigenvalue weighted by molar-refractivity contribution is 5.93. The number of aromatic nitrogens is 1. The number of hydrogen-bond acceptors (Lipinski definition) is 5. The molecule has 1 aromatic carbocycles. The zero-order valence-electron chi connectivity index (χ0n) is 15.3. The van der Waals surface area contributed by atoms with E-state index in [9.17, 15) is 4.79 Å². The number of pyridine rings is 1. The zero-order chi connectivity index (χ0) is 18.2. The van der Waals surface area contributed by atoms with Gasteiger partial charge in [0.2, 0.25) is 0 Å². The summed E-state index contributed by atoms with van der Waals surface area (Å²) in [7, 11) is 5.66. The normalized spacial score (nSPS) is 10.6. The average molecular weight is 342 g/mol. The molecule has 2 N–H and O–H groups in total.